The van der Waals surface area contributed by atoms with Crippen LogP contribution in [0, 0.1) is 11.3 Å². The number of likely N-dealkylation sites (tertiary alicyclic amines) is 1. The number of amides is 1. The summed E-state index contributed by atoms with van der Waals surface area (Å²) in [5, 5.41) is 18.0. The van der Waals surface area contributed by atoms with Crippen LogP contribution in [0.25, 0.3) is 0 Å². The summed E-state index contributed by atoms with van der Waals surface area (Å²) >= 11 is 0. The predicted octanol–water partition coefficient (Wildman–Crippen LogP) is 0.0821. The monoisotopic (exact) mass is 227 g/mol. The molecule has 1 saturated carbocycles. The first-order valence-corrected chi connectivity index (χ1v) is 5.74. The van der Waals surface area contributed by atoms with Gasteiger partial charge in [-0.1, -0.05) is 0 Å². The van der Waals surface area contributed by atoms with Crippen molar-refractivity contribution in [3.8, 4) is 0 Å². The highest BCUT2D eigenvalue weighted by atomic mass is 16.4. The Balaban J connectivity index is 1.95. The Morgan fingerprint density at radius 2 is 1.81 bits per heavy atom. The van der Waals surface area contributed by atoms with Gasteiger partial charge in [-0.3, -0.25) is 9.59 Å². The maximum Gasteiger partial charge on any atom is 0.319 e. The Kier molecular flexibility index (Phi) is 2.88. The summed E-state index contributed by atoms with van der Waals surface area (Å²) in [6.45, 7) is 1.32. The summed E-state index contributed by atoms with van der Waals surface area (Å²) in [4.78, 5) is 24.6. The van der Waals surface area contributed by atoms with E-state index in [-0.39, 0.29) is 18.4 Å². The zero-order chi connectivity index (χ0) is 11.8. The number of aliphatic hydroxyl groups is 1. The summed E-state index contributed by atoms with van der Waals surface area (Å²) in [5.41, 5.74) is -1.11. The number of carboxylic acid groups (broad SMARTS) is 1. The molecule has 2 N–H and O–H groups in total. The second-order valence-corrected chi connectivity index (χ2v) is 4.81. The molecule has 5 nitrogen and oxygen atoms in total. The Labute approximate surface area is 94.0 Å². The van der Waals surface area contributed by atoms with Gasteiger partial charge in [0.15, 0.2) is 0 Å². The predicted molar refractivity (Wildman–Crippen MR) is 55.7 cm³/mol. The van der Waals surface area contributed by atoms with E-state index < -0.39 is 11.4 Å². The fourth-order valence-corrected chi connectivity index (χ4v) is 2.27. The summed E-state index contributed by atoms with van der Waals surface area (Å²) in [5.74, 6) is -0.942. The first-order valence-electron chi connectivity index (χ1n) is 5.74. The number of carbonyl (C=O) groups excluding carboxylic acids is 1. The van der Waals surface area contributed by atoms with E-state index in [4.69, 9.17) is 10.2 Å². The molecule has 0 radical (unpaired) electrons. The van der Waals surface area contributed by atoms with Crippen LogP contribution >= 0.6 is 0 Å². The Morgan fingerprint density at radius 3 is 2.19 bits per heavy atom. The molecular formula is C11H17NO4. The molecule has 0 bridgehead atoms. The molecule has 0 unspecified atom stereocenters. The third-order valence-corrected chi connectivity index (χ3v) is 3.73. The normalized spacial score (nSPS) is 24.2. The molecule has 0 aromatic heterocycles. The molecule has 1 aliphatic carbocycles. The van der Waals surface area contributed by atoms with Gasteiger partial charge < -0.3 is 15.1 Å². The Hall–Kier alpha value is -1.10. The van der Waals surface area contributed by atoms with Gasteiger partial charge in [0.1, 0.15) is 5.41 Å². The van der Waals surface area contributed by atoms with Crippen LogP contribution in [-0.2, 0) is 9.59 Å². The minimum Gasteiger partial charge on any atom is -0.480 e. The van der Waals surface area contributed by atoms with Crippen LogP contribution in [-0.4, -0.2) is 46.7 Å². The lowest BCUT2D eigenvalue weighted by molar-refractivity contribution is -0.154. The van der Waals surface area contributed by atoms with Crippen LogP contribution in [0.15, 0.2) is 0 Å². The molecule has 0 aromatic rings. The van der Waals surface area contributed by atoms with E-state index in [1.54, 1.807) is 4.90 Å². The third kappa shape index (κ3) is 1.80. The highest BCUT2D eigenvalue weighted by Gasteiger charge is 2.58. The molecule has 1 saturated heterocycles. The summed E-state index contributed by atoms with van der Waals surface area (Å²) in [6.07, 6.45) is 2.50. The minimum atomic E-state index is -1.11. The molecule has 90 valence electrons. The maximum absolute atomic E-state index is 12.0. The lowest BCUT2D eigenvalue weighted by atomic mass is 9.96. The average Bonchev–Trinajstić information content (AvgIpc) is 3.09. The van der Waals surface area contributed by atoms with Crippen molar-refractivity contribution in [3.63, 3.8) is 0 Å². The SMILES string of the molecule is O=C(O)C1(C(=O)N2CCC(CO)CC2)CC1. The number of nitrogens with zero attached hydrogens (tertiary/aromatic N) is 1. The molecule has 2 aliphatic rings. The molecule has 1 aliphatic heterocycles. The number of hydrogen-bond donors (Lipinski definition) is 2. The van der Waals surface area contributed by atoms with Crippen LogP contribution in [0.1, 0.15) is 25.7 Å². The molecular weight excluding hydrogens is 210 g/mol. The molecule has 1 amide bonds. The highest BCUT2D eigenvalue weighted by Crippen LogP contribution is 2.47. The number of hydrogen-bond acceptors (Lipinski definition) is 3. The summed E-state index contributed by atoms with van der Waals surface area (Å²) in [7, 11) is 0. The Bertz CT molecular complexity index is 303. The summed E-state index contributed by atoms with van der Waals surface area (Å²) in [6, 6.07) is 0. The fourth-order valence-electron chi connectivity index (χ4n) is 2.27. The number of aliphatic carboxylic acids is 1. The van der Waals surface area contributed by atoms with Crippen LogP contribution in [0.5, 0.6) is 0 Å². The molecule has 0 atom stereocenters. The maximum atomic E-state index is 12.0. The van der Waals surface area contributed by atoms with Crippen molar-refractivity contribution in [2.24, 2.45) is 11.3 Å². The van der Waals surface area contributed by atoms with Crippen molar-refractivity contribution >= 4 is 11.9 Å². The molecule has 16 heavy (non-hydrogen) atoms. The zero-order valence-corrected chi connectivity index (χ0v) is 9.19. The van der Waals surface area contributed by atoms with Crippen LogP contribution in [0.4, 0.5) is 0 Å². The lowest BCUT2D eigenvalue weighted by Gasteiger charge is -2.32. The highest BCUT2D eigenvalue weighted by molar-refractivity contribution is 6.04. The van der Waals surface area contributed by atoms with E-state index >= 15 is 0 Å². The van der Waals surface area contributed by atoms with Crippen molar-refractivity contribution < 1.29 is 19.8 Å². The standard InChI is InChI=1S/C11H17NO4/c13-7-8-1-5-12(6-2-8)9(14)11(3-4-11)10(15)16/h8,13H,1-7H2,(H,15,16). The number of piperidine rings is 1. The molecule has 2 rings (SSSR count). The van der Waals surface area contributed by atoms with E-state index in [0.717, 1.165) is 12.8 Å². The topological polar surface area (TPSA) is 77.8 Å². The number of aliphatic hydroxyl groups excluding tert-OH is 1. The van der Waals surface area contributed by atoms with Gasteiger partial charge in [0.05, 0.1) is 0 Å². The Morgan fingerprint density at radius 1 is 1.25 bits per heavy atom. The van der Waals surface area contributed by atoms with Crippen molar-refractivity contribution in [1.29, 1.82) is 0 Å². The largest absolute Gasteiger partial charge is 0.480 e. The van der Waals surface area contributed by atoms with E-state index in [1.807, 2.05) is 0 Å². The van der Waals surface area contributed by atoms with Gasteiger partial charge in [-0.05, 0) is 31.6 Å². The molecule has 0 spiro atoms. The van der Waals surface area contributed by atoms with Gasteiger partial charge in [-0.15, -0.1) is 0 Å². The smallest absolute Gasteiger partial charge is 0.319 e. The third-order valence-electron chi connectivity index (χ3n) is 3.73. The van der Waals surface area contributed by atoms with Gasteiger partial charge >= 0.3 is 5.97 Å². The molecule has 5 heteroatoms. The van der Waals surface area contributed by atoms with Crippen LogP contribution in [0.3, 0.4) is 0 Å². The van der Waals surface area contributed by atoms with Crippen molar-refractivity contribution in [2.45, 2.75) is 25.7 Å². The molecule has 1 heterocycles. The zero-order valence-electron chi connectivity index (χ0n) is 9.19. The van der Waals surface area contributed by atoms with Gasteiger partial charge in [0, 0.05) is 19.7 Å². The molecule has 2 fully saturated rings. The van der Waals surface area contributed by atoms with E-state index in [0.29, 0.717) is 25.9 Å². The van der Waals surface area contributed by atoms with Crippen molar-refractivity contribution in [1.82, 2.24) is 4.90 Å². The number of carbonyl (C=O) groups is 2. The van der Waals surface area contributed by atoms with Crippen LogP contribution < -0.4 is 0 Å². The van der Waals surface area contributed by atoms with Crippen molar-refractivity contribution in [2.75, 3.05) is 19.7 Å². The van der Waals surface area contributed by atoms with Crippen molar-refractivity contribution in [3.05, 3.63) is 0 Å². The first-order chi connectivity index (χ1) is 7.60. The second-order valence-electron chi connectivity index (χ2n) is 4.81. The first kappa shape index (κ1) is 11.4. The van der Waals surface area contributed by atoms with E-state index in [9.17, 15) is 9.59 Å². The summed E-state index contributed by atoms with van der Waals surface area (Å²) < 4.78 is 0. The lowest BCUT2D eigenvalue weighted by Crippen LogP contribution is -2.45. The fraction of sp³-hybridized carbons (Fsp3) is 0.818. The number of rotatable bonds is 3. The molecule has 0 aromatic carbocycles. The van der Waals surface area contributed by atoms with Gasteiger partial charge in [-0.25, -0.2) is 0 Å². The van der Waals surface area contributed by atoms with Gasteiger partial charge in [0.25, 0.3) is 0 Å². The van der Waals surface area contributed by atoms with E-state index in [1.165, 1.54) is 0 Å². The quantitative estimate of drug-likeness (QED) is 0.669. The van der Waals surface area contributed by atoms with E-state index in [2.05, 4.69) is 0 Å². The van der Waals surface area contributed by atoms with Gasteiger partial charge in [-0.2, -0.15) is 0 Å². The average molecular weight is 227 g/mol. The van der Waals surface area contributed by atoms with Gasteiger partial charge in [0.2, 0.25) is 5.91 Å². The number of carboxylic acids is 1. The second kappa shape index (κ2) is 4.05. The van der Waals surface area contributed by atoms with Crippen LogP contribution in [0.2, 0.25) is 0 Å². The minimum absolute atomic E-state index is 0.159.